The van der Waals surface area contributed by atoms with Crippen molar-refractivity contribution in [2.24, 2.45) is 5.92 Å². The Morgan fingerprint density at radius 1 is 1.19 bits per heavy atom. The van der Waals surface area contributed by atoms with Gasteiger partial charge in [-0.15, -0.1) is 0 Å². The topological polar surface area (TPSA) is 84.9 Å². The van der Waals surface area contributed by atoms with Crippen molar-refractivity contribution >= 4 is 29.2 Å². The average Bonchev–Trinajstić information content (AvgIpc) is 3.13. The maximum atomic E-state index is 12.5. The SMILES string of the molecule is COc1ccc(C)cc1N1C[C@H](C(=O)OCC(=O)Nc2ccccc2C(C)C)CC1=O. The van der Waals surface area contributed by atoms with Gasteiger partial charge >= 0.3 is 5.97 Å². The van der Waals surface area contributed by atoms with Crippen molar-refractivity contribution in [2.45, 2.75) is 33.1 Å². The van der Waals surface area contributed by atoms with E-state index in [0.29, 0.717) is 17.1 Å². The van der Waals surface area contributed by atoms with Crippen molar-refractivity contribution in [2.75, 3.05) is 30.5 Å². The van der Waals surface area contributed by atoms with Crippen LogP contribution in [0.25, 0.3) is 0 Å². The predicted octanol–water partition coefficient (Wildman–Crippen LogP) is 3.66. The van der Waals surface area contributed by atoms with E-state index in [-0.39, 0.29) is 24.8 Å². The number of carbonyl (C=O) groups excluding carboxylic acids is 3. The summed E-state index contributed by atoms with van der Waals surface area (Å²) in [5, 5.41) is 2.79. The molecule has 0 spiro atoms. The van der Waals surface area contributed by atoms with Crippen molar-refractivity contribution in [3.63, 3.8) is 0 Å². The summed E-state index contributed by atoms with van der Waals surface area (Å²) in [6, 6.07) is 13.1. The first-order valence-corrected chi connectivity index (χ1v) is 10.3. The van der Waals surface area contributed by atoms with E-state index in [1.807, 2.05) is 57.2 Å². The third-order valence-corrected chi connectivity index (χ3v) is 5.29. The zero-order valence-electron chi connectivity index (χ0n) is 18.3. The molecule has 2 aromatic carbocycles. The molecule has 1 fully saturated rings. The summed E-state index contributed by atoms with van der Waals surface area (Å²) in [6.07, 6.45) is 0.0354. The maximum absolute atomic E-state index is 12.5. The average molecular weight is 424 g/mol. The van der Waals surface area contributed by atoms with E-state index in [2.05, 4.69) is 5.32 Å². The highest BCUT2D eigenvalue weighted by atomic mass is 16.5. The minimum absolute atomic E-state index is 0.0354. The Morgan fingerprint density at radius 2 is 1.94 bits per heavy atom. The molecule has 0 saturated carbocycles. The summed E-state index contributed by atoms with van der Waals surface area (Å²) < 4.78 is 10.6. The van der Waals surface area contributed by atoms with Crippen LogP contribution in [0.2, 0.25) is 0 Å². The number of nitrogens with zero attached hydrogens (tertiary/aromatic N) is 1. The molecule has 1 N–H and O–H groups in total. The van der Waals surface area contributed by atoms with E-state index in [9.17, 15) is 14.4 Å². The molecular weight excluding hydrogens is 396 g/mol. The summed E-state index contributed by atoms with van der Waals surface area (Å²) in [7, 11) is 1.54. The number of rotatable bonds is 7. The van der Waals surface area contributed by atoms with E-state index >= 15 is 0 Å². The van der Waals surface area contributed by atoms with E-state index < -0.39 is 24.4 Å². The number of para-hydroxylation sites is 1. The first-order valence-electron chi connectivity index (χ1n) is 10.3. The lowest BCUT2D eigenvalue weighted by Crippen LogP contribution is -2.28. The summed E-state index contributed by atoms with van der Waals surface area (Å²) in [5.41, 5.74) is 3.32. The maximum Gasteiger partial charge on any atom is 0.311 e. The lowest BCUT2D eigenvalue weighted by atomic mass is 10.0. The van der Waals surface area contributed by atoms with Gasteiger partial charge in [0.1, 0.15) is 5.75 Å². The van der Waals surface area contributed by atoms with Crippen molar-refractivity contribution in [1.29, 1.82) is 0 Å². The number of hydrogen-bond donors (Lipinski definition) is 1. The van der Waals surface area contributed by atoms with E-state index in [1.165, 1.54) is 12.0 Å². The number of esters is 1. The molecule has 2 amide bonds. The minimum atomic E-state index is -0.631. The second kappa shape index (κ2) is 9.64. The number of amides is 2. The molecule has 1 aliphatic heterocycles. The Kier molecular flexibility index (Phi) is 6.95. The second-order valence-electron chi connectivity index (χ2n) is 7.98. The number of methoxy groups -OCH3 is 1. The van der Waals surface area contributed by atoms with Gasteiger partial charge in [-0.3, -0.25) is 14.4 Å². The molecule has 1 aliphatic rings. The number of nitrogens with one attached hydrogen (secondary N) is 1. The molecule has 1 atom stereocenters. The number of carbonyl (C=O) groups is 3. The molecule has 3 rings (SSSR count). The Balaban J connectivity index is 1.59. The lowest BCUT2D eigenvalue weighted by Gasteiger charge is -2.20. The quantitative estimate of drug-likeness (QED) is 0.686. The third-order valence-electron chi connectivity index (χ3n) is 5.29. The Labute approximate surface area is 182 Å². The fraction of sp³-hybridized carbons (Fsp3) is 0.375. The molecule has 2 aromatic rings. The Morgan fingerprint density at radius 3 is 2.65 bits per heavy atom. The van der Waals surface area contributed by atoms with Crippen LogP contribution in [0.3, 0.4) is 0 Å². The van der Waals surface area contributed by atoms with E-state index in [1.54, 1.807) is 6.07 Å². The highest BCUT2D eigenvalue weighted by Crippen LogP contribution is 2.34. The van der Waals surface area contributed by atoms with Crippen LogP contribution >= 0.6 is 0 Å². The number of benzene rings is 2. The lowest BCUT2D eigenvalue weighted by molar-refractivity contribution is -0.151. The second-order valence-corrected chi connectivity index (χ2v) is 7.98. The van der Waals surface area contributed by atoms with Gasteiger partial charge in [0, 0.05) is 18.7 Å². The fourth-order valence-electron chi connectivity index (χ4n) is 3.66. The first kappa shape index (κ1) is 22.3. The highest BCUT2D eigenvalue weighted by Gasteiger charge is 2.37. The summed E-state index contributed by atoms with van der Waals surface area (Å²) in [5.74, 6) is -0.975. The van der Waals surface area contributed by atoms with Crippen LogP contribution in [-0.2, 0) is 19.1 Å². The molecule has 0 radical (unpaired) electrons. The molecule has 1 saturated heterocycles. The predicted molar refractivity (Wildman–Crippen MR) is 118 cm³/mol. The van der Waals surface area contributed by atoms with Crippen molar-refractivity contribution in [3.05, 3.63) is 53.6 Å². The van der Waals surface area contributed by atoms with Gasteiger partial charge in [-0.25, -0.2) is 0 Å². The number of hydrogen-bond acceptors (Lipinski definition) is 5. The Hall–Kier alpha value is -3.35. The molecule has 0 aliphatic carbocycles. The zero-order valence-corrected chi connectivity index (χ0v) is 18.3. The van der Waals surface area contributed by atoms with Crippen LogP contribution in [0.5, 0.6) is 5.75 Å². The van der Waals surface area contributed by atoms with Gasteiger partial charge in [0.25, 0.3) is 5.91 Å². The van der Waals surface area contributed by atoms with Gasteiger partial charge in [0.15, 0.2) is 6.61 Å². The van der Waals surface area contributed by atoms with Gasteiger partial charge in [-0.05, 0) is 42.2 Å². The van der Waals surface area contributed by atoms with Gasteiger partial charge in [-0.1, -0.05) is 38.1 Å². The van der Waals surface area contributed by atoms with Crippen LogP contribution in [0, 0.1) is 12.8 Å². The molecule has 7 heteroatoms. The fourth-order valence-corrected chi connectivity index (χ4v) is 3.66. The van der Waals surface area contributed by atoms with Gasteiger partial charge in [-0.2, -0.15) is 0 Å². The monoisotopic (exact) mass is 424 g/mol. The molecular formula is C24H28N2O5. The number of aryl methyl sites for hydroxylation is 1. The molecule has 0 aromatic heterocycles. The van der Waals surface area contributed by atoms with Crippen molar-refractivity contribution < 1.29 is 23.9 Å². The van der Waals surface area contributed by atoms with Gasteiger partial charge < -0.3 is 19.7 Å². The summed E-state index contributed by atoms with van der Waals surface area (Å²) in [4.78, 5) is 38.9. The largest absolute Gasteiger partial charge is 0.495 e. The van der Waals surface area contributed by atoms with Crippen LogP contribution in [0.15, 0.2) is 42.5 Å². The van der Waals surface area contributed by atoms with Crippen LogP contribution in [0.1, 0.15) is 37.3 Å². The van der Waals surface area contributed by atoms with Crippen LogP contribution < -0.4 is 15.0 Å². The molecule has 31 heavy (non-hydrogen) atoms. The zero-order chi connectivity index (χ0) is 22.5. The van der Waals surface area contributed by atoms with E-state index in [4.69, 9.17) is 9.47 Å². The first-order chi connectivity index (χ1) is 14.8. The Bertz CT molecular complexity index is 986. The molecule has 0 unspecified atom stereocenters. The van der Waals surface area contributed by atoms with E-state index in [0.717, 1.165) is 11.1 Å². The standard InChI is InChI=1S/C24H28N2O5/c1-15(2)18-7-5-6-8-19(18)25-22(27)14-31-24(29)17-12-23(28)26(13-17)20-11-16(3)9-10-21(20)30-4/h5-11,15,17H,12-14H2,1-4H3,(H,25,27)/t17-/m1/s1. The molecule has 0 bridgehead atoms. The normalized spacial score (nSPS) is 15.8. The third kappa shape index (κ3) is 5.23. The summed E-state index contributed by atoms with van der Waals surface area (Å²) >= 11 is 0. The van der Waals surface area contributed by atoms with Gasteiger partial charge in [0.2, 0.25) is 5.91 Å². The minimum Gasteiger partial charge on any atom is -0.495 e. The number of ether oxygens (including phenoxy) is 2. The van der Waals surface area contributed by atoms with Crippen molar-refractivity contribution in [3.8, 4) is 5.75 Å². The van der Waals surface area contributed by atoms with Gasteiger partial charge in [0.05, 0.1) is 18.7 Å². The molecule has 164 valence electrons. The molecule has 7 nitrogen and oxygen atoms in total. The molecule has 1 heterocycles. The smallest absolute Gasteiger partial charge is 0.311 e. The van der Waals surface area contributed by atoms with Crippen LogP contribution in [-0.4, -0.2) is 38.0 Å². The van der Waals surface area contributed by atoms with Crippen molar-refractivity contribution in [1.82, 2.24) is 0 Å². The summed E-state index contributed by atoms with van der Waals surface area (Å²) in [6.45, 7) is 5.79. The number of anilines is 2. The highest BCUT2D eigenvalue weighted by molar-refractivity contribution is 6.01. The van der Waals surface area contributed by atoms with Crippen LogP contribution in [0.4, 0.5) is 11.4 Å².